The molecular weight excluding hydrogens is 274 g/mol. The summed E-state index contributed by atoms with van der Waals surface area (Å²) in [5.74, 6) is 0.554. The zero-order chi connectivity index (χ0) is 14.5. The van der Waals surface area contributed by atoms with E-state index in [1.54, 1.807) is 24.3 Å². The summed E-state index contributed by atoms with van der Waals surface area (Å²) in [7, 11) is 0. The number of aryl methyl sites for hydroxylation is 1. The minimum atomic E-state index is -0.223. The number of rotatable bonds is 4. The number of nitrogens with one attached hydrogen (secondary N) is 1. The first-order chi connectivity index (χ1) is 9.60. The van der Waals surface area contributed by atoms with Crippen molar-refractivity contribution in [3.8, 4) is 5.75 Å². The van der Waals surface area contributed by atoms with Crippen molar-refractivity contribution in [1.29, 1.82) is 0 Å². The second-order valence-corrected chi connectivity index (χ2v) is 4.80. The fraction of sp³-hybridized carbons (Fsp3) is 0.188. The lowest BCUT2D eigenvalue weighted by Gasteiger charge is -2.08. The molecule has 0 bridgehead atoms. The molecule has 0 fully saturated rings. The maximum Gasteiger partial charge on any atom is 0.257 e. The second kappa shape index (κ2) is 6.44. The van der Waals surface area contributed by atoms with E-state index in [1.165, 1.54) is 0 Å². The fourth-order valence-corrected chi connectivity index (χ4v) is 2.12. The molecule has 20 heavy (non-hydrogen) atoms. The van der Waals surface area contributed by atoms with Crippen molar-refractivity contribution in [2.45, 2.75) is 13.8 Å². The molecular formula is C16H16ClNO2. The summed E-state index contributed by atoms with van der Waals surface area (Å²) in [4.78, 5) is 12.1. The van der Waals surface area contributed by atoms with Crippen LogP contribution in [0.3, 0.4) is 0 Å². The molecule has 0 aliphatic carbocycles. The minimum Gasteiger partial charge on any atom is -0.494 e. The third-order valence-electron chi connectivity index (χ3n) is 2.79. The van der Waals surface area contributed by atoms with Crippen LogP contribution in [0.1, 0.15) is 22.8 Å². The van der Waals surface area contributed by atoms with E-state index >= 15 is 0 Å². The first-order valence-electron chi connectivity index (χ1n) is 6.40. The first-order valence-corrected chi connectivity index (χ1v) is 6.78. The molecule has 1 N–H and O–H groups in total. The van der Waals surface area contributed by atoms with Gasteiger partial charge in [-0.1, -0.05) is 17.7 Å². The van der Waals surface area contributed by atoms with E-state index in [0.29, 0.717) is 22.9 Å². The second-order valence-electron chi connectivity index (χ2n) is 4.39. The summed E-state index contributed by atoms with van der Waals surface area (Å²) in [5.41, 5.74) is 2.19. The highest BCUT2D eigenvalue weighted by Crippen LogP contribution is 2.20. The van der Waals surface area contributed by atoms with Crippen molar-refractivity contribution in [2.75, 3.05) is 11.9 Å². The monoisotopic (exact) mass is 289 g/mol. The molecule has 4 heteroatoms. The average molecular weight is 290 g/mol. The Hall–Kier alpha value is -2.00. The van der Waals surface area contributed by atoms with Gasteiger partial charge in [0.15, 0.2) is 0 Å². The quantitative estimate of drug-likeness (QED) is 0.911. The van der Waals surface area contributed by atoms with Gasteiger partial charge in [-0.2, -0.15) is 0 Å². The van der Waals surface area contributed by atoms with Gasteiger partial charge in [0.05, 0.1) is 17.2 Å². The predicted octanol–water partition coefficient (Wildman–Crippen LogP) is 4.30. The van der Waals surface area contributed by atoms with Crippen LogP contribution in [0, 0.1) is 6.92 Å². The van der Waals surface area contributed by atoms with E-state index in [9.17, 15) is 4.79 Å². The maximum absolute atomic E-state index is 12.1. The topological polar surface area (TPSA) is 38.3 Å². The summed E-state index contributed by atoms with van der Waals surface area (Å²) < 4.78 is 5.35. The third kappa shape index (κ3) is 3.52. The molecule has 2 rings (SSSR count). The highest BCUT2D eigenvalue weighted by molar-refractivity contribution is 6.34. The van der Waals surface area contributed by atoms with Crippen molar-refractivity contribution in [3.05, 3.63) is 58.6 Å². The largest absolute Gasteiger partial charge is 0.494 e. The van der Waals surface area contributed by atoms with Gasteiger partial charge in [0.1, 0.15) is 5.75 Å². The summed E-state index contributed by atoms with van der Waals surface area (Å²) in [6.45, 7) is 4.47. The number of ether oxygens (including phenoxy) is 1. The molecule has 0 radical (unpaired) electrons. The molecule has 2 aromatic rings. The predicted molar refractivity (Wildman–Crippen MR) is 81.8 cm³/mol. The Morgan fingerprint density at radius 1 is 1.20 bits per heavy atom. The number of halogens is 1. The SMILES string of the molecule is CCOc1ccc(NC(=O)c2ccc(C)cc2Cl)cc1. The van der Waals surface area contributed by atoms with Gasteiger partial charge in [0.25, 0.3) is 5.91 Å². The molecule has 3 nitrogen and oxygen atoms in total. The van der Waals surface area contributed by atoms with Crippen LogP contribution in [-0.2, 0) is 0 Å². The highest BCUT2D eigenvalue weighted by Gasteiger charge is 2.10. The van der Waals surface area contributed by atoms with Crippen LogP contribution in [0.25, 0.3) is 0 Å². The number of carbonyl (C=O) groups is 1. The van der Waals surface area contributed by atoms with Gasteiger partial charge < -0.3 is 10.1 Å². The lowest BCUT2D eigenvalue weighted by atomic mass is 10.1. The van der Waals surface area contributed by atoms with Gasteiger partial charge in [-0.05, 0) is 55.8 Å². The molecule has 0 spiro atoms. The molecule has 0 unspecified atom stereocenters. The summed E-state index contributed by atoms with van der Waals surface area (Å²) in [6, 6.07) is 12.6. The van der Waals surface area contributed by atoms with Crippen LogP contribution < -0.4 is 10.1 Å². The van der Waals surface area contributed by atoms with E-state index in [1.807, 2.05) is 32.0 Å². The minimum absolute atomic E-state index is 0.223. The fourth-order valence-electron chi connectivity index (χ4n) is 1.80. The molecule has 0 aliphatic rings. The van der Waals surface area contributed by atoms with Crippen LogP contribution in [0.15, 0.2) is 42.5 Å². The molecule has 1 amide bonds. The van der Waals surface area contributed by atoms with E-state index in [-0.39, 0.29) is 5.91 Å². The van der Waals surface area contributed by atoms with Gasteiger partial charge in [0, 0.05) is 5.69 Å². The van der Waals surface area contributed by atoms with Crippen LogP contribution in [-0.4, -0.2) is 12.5 Å². The Bertz CT molecular complexity index is 608. The van der Waals surface area contributed by atoms with E-state index in [0.717, 1.165) is 11.3 Å². The van der Waals surface area contributed by atoms with Crippen molar-refractivity contribution < 1.29 is 9.53 Å². The van der Waals surface area contributed by atoms with Crippen LogP contribution in [0.4, 0.5) is 5.69 Å². The van der Waals surface area contributed by atoms with Gasteiger partial charge in [-0.25, -0.2) is 0 Å². The number of anilines is 1. The molecule has 0 saturated carbocycles. The smallest absolute Gasteiger partial charge is 0.257 e. The highest BCUT2D eigenvalue weighted by atomic mass is 35.5. The van der Waals surface area contributed by atoms with E-state index in [2.05, 4.69) is 5.32 Å². The Morgan fingerprint density at radius 3 is 2.50 bits per heavy atom. The zero-order valence-corrected chi connectivity index (χ0v) is 12.2. The van der Waals surface area contributed by atoms with Crippen LogP contribution >= 0.6 is 11.6 Å². The van der Waals surface area contributed by atoms with Crippen molar-refractivity contribution >= 4 is 23.2 Å². The molecule has 0 saturated heterocycles. The van der Waals surface area contributed by atoms with Gasteiger partial charge in [-0.15, -0.1) is 0 Å². The Balaban J connectivity index is 2.11. The number of benzene rings is 2. The molecule has 0 aliphatic heterocycles. The Labute approximate surface area is 123 Å². The molecule has 0 aromatic heterocycles. The number of amides is 1. The van der Waals surface area contributed by atoms with Crippen molar-refractivity contribution in [2.24, 2.45) is 0 Å². The standard InChI is InChI=1S/C16H16ClNO2/c1-3-20-13-7-5-12(6-8-13)18-16(19)14-9-4-11(2)10-15(14)17/h4-10H,3H2,1-2H3,(H,18,19). The van der Waals surface area contributed by atoms with Crippen LogP contribution in [0.5, 0.6) is 5.75 Å². The van der Waals surface area contributed by atoms with Crippen molar-refractivity contribution in [3.63, 3.8) is 0 Å². The summed E-state index contributed by atoms with van der Waals surface area (Å²) in [6.07, 6.45) is 0. The molecule has 0 atom stereocenters. The lowest BCUT2D eigenvalue weighted by Crippen LogP contribution is -2.12. The van der Waals surface area contributed by atoms with E-state index in [4.69, 9.17) is 16.3 Å². The average Bonchev–Trinajstić information content (AvgIpc) is 2.41. The summed E-state index contributed by atoms with van der Waals surface area (Å²) >= 11 is 6.08. The Morgan fingerprint density at radius 2 is 1.90 bits per heavy atom. The lowest BCUT2D eigenvalue weighted by molar-refractivity contribution is 0.102. The molecule has 2 aromatic carbocycles. The first kappa shape index (κ1) is 14.4. The van der Waals surface area contributed by atoms with Gasteiger partial charge in [-0.3, -0.25) is 4.79 Å². The van der Waals surface area contributed by atoms with Crippen LogP contribution in [0.2, 0.25) is 5.02 Å². The number of hydrogen-bond acceptors (Lipinski definition) is 2. The maximum atomic E-state index is 12.1. The molecule has 104 valence electrons. The molecule has 0 heterocycles. The summed E-state index contributed by atoms with van der Waals surface area (Å²) in [5, 5.41) is 3.26. The number of hydrogen-bond donors (Lipinski definition) is 1. The zero-order valence-electron chi connectivity index (χ0n) is 11.4. The normalized spacial score (nSPS) is 10.2. The van der Waals surface area contributed by atoms with Gasteiger partial charge >= 0.3 is 0 Å². The third-order valence-corrected chi connectivity index (χ3v) is 3.11. The van der Waals surface area contributed by atoms with Crippen molar-refractivity contribution in [1.82, 2.24) is 0 Å². The Kier molecular flexibility index (Phi) is 4.64. The van der Waals surface area contributed by atoms with E-state index < -0.39 is 0 Å². The number of carbonyl (C=O) groups excluding carboxylic acids is 1. The van der Waals surface area contributed by atoms with Gasteiger partial charge in [0.2, 0.25) is 0 Å².